The van der Waals surface area contributed by atoms with Crippen LogP contribution in [0.5, 0.6) is 0 Å². The van der Waals surface area contributed by atoms with E-state index in [4.69, 9.17) is 4.52 Å². The monoisotopic (exact) mass is 354 g/mol. The van der Waals surface area contributed by atoms with Crippen LogP contribution in [-0.2, 0) is 5.75 Å². The molecule has 0 fully saturated rings. The van der Waals surface area contributed by atoms with E-state index in [0.29, 0.717) is 17.5 Å². The van der Waals surface area contributed by atoms with Crippen molar-refractivity contribution in [3.63, 3.8) is 0 Å². The van der Waals surface area contributed by atoms with E-state index in [2.05, 4.69) is 38.3 Å². The van der Waals surface area contributed by atoms with Gasteiger partial charge in [0.2, 0.25) is 5.89 Å². The Morgan fingerprint density at radius 1 is 1.04 bits per heavy atom. The van der Waals surface area contributed by atoms with Gasteiger partial charge in [0.15, 0.2) is 5.82 Å². The van der Waals surface area contributed by atoms with Crippen LogP contribution in [0.15, 0.2) is 45.9 Å². The van der Waals surface area contributed by atoms with E-state index in [9.17, 15) is 0 Å². The molecule has 3 aromatic heterocycles. The molecule has 4 rings (SSSR count). The standard InChI is InChI=1S/C17H14N4OS2/c1-10-19-16(23-9-15-18-11(2)21-22-15)13-8-14(24-17(13)20-10)12-6-4-3-5-7-12/h3-8H,9H2,1-2H3. The average molecular weight is 354 g/mol. The number of hydrogen-bond acceptors (Lipinski definition) is 7. The van der Waals surface area contributed by atoms with Crippen LogP contribution in [0.3, 0.4) is 0 Å². The Hall–Kier alpha value is -2.25. The van der Waals surface area contributed by atoms with Crippen LogP contribution in [0.4, 0.5) is 0 Å². The first-order chi connectivity index (χ1) is 11.7. The Bertz CT molecular complexity index is 994. The highest BCUT2D eigenvalue weighted by molar-refractivity contribution is 7.98. The molecule has 3 heterocycles. The predicted octanol–water partition coefficient (Wildman–Crippen LogP) is 4.65. The second kappa shape index (κ2) is 6.33. The summed E-state index contributed by atoms with van der Waals surface area (Å²) in [4.78, 5) is 15.6. The number of rotatable bonds is 4. The molecule has 0 atom stereocenters. The van der Waals surface area contributed by atoms with Gasteiger partial charge in [0, 0.05) is 10.3 Å². The lowest BCUT2D eigenvalue weighted by atomic mass is 10.2. The van der Waals surface area contributed by atoms with Crippen molar-refractivity contribution >= 4 is 33.3 Å². The van der Waals surface area contributed by atoms with E-state index in [0.717, 1.165) is 21.1 Å². The van der Waals surface area contributed by atoms with Crippen LogP contribution < -0.4 is 0 Å². The molecule has 0 unspecified atom stereocenters. The summed E-state index contributed by atoms with van der Waals surface area (Å²) in [6, 6.07) is 12.5. The fourth-order valence-electron chi connectivity index (χ4n) is 2.38. The van der Waals surface area contributed by atoms with Gasteiger partial charge in [0.1, 0.15) is 15.7 Å². The van der Waals surface area contributed by atoms with Crippen molar-refractivity contribution in [3.8, 4) is 10.4 Å². The summed E-state index contributed by atoms with van der Waals surface area (Å²) < 4.78 is 5.18. The van der Waals surface area contributed by atoms with Crippen molar-refractivity contribution in [2.45, 2.75) is 24.6 Å². The van der Waals surface area contributed by atoms with E-state index in [1.807, 2.05) is 32.0 Å². The normalized spacial score (nSPS) is 11.2. The first kappa shape index (κ1) is 15.3. The summed E-state index contributed by atoms with van der Waals surface area (Å²) in [5, 5.41) is 5.85. The van der Waals surface area contributed by atoms with Crippen molar-refractivity contribution in [3.05, 3.63) is 53.9 Å². The molecule has 5 nitrogen and oxygen atoms in total. The Labute approximate surface area is 147 Å². The minimum atomic E-state index is 0.600. The molecule has 120 valence electrons. The molecule has 0 spiro atoms. The topological polar surface area (TPSA) is 64.7 Å². The zero-order valence-corrected chi connectivity index (χ0v) is 14.8. The van der Waals surface area contributed by atoms with Crippen LogP contribution in [0, 0.1) is 13.8 Å². The molecular formula is C17H14N4OS2. The predicted molar refractivity (Wildman–Crippen MR) is 96.2 cm³/mol. The molecule has 0 aliphatic carbocycles. The third kappa shape index (κ3) is 3.05. The zero-order chi connectivity index (χ0) is 16.5. The minimum Gasteiger partial charge on any atom is -0.338 e. The van der Waals surface area contributed by atoms with Crippen molar-refractivity contribution in [2.75, 3.05) is 0 Å². The SMILES string of the molecule is Cc1noc(CSc2nc(C)nc3sc(-c4ccccc4)cc23)n1. The van der Waals surface area contributed by atoms with Crippen LogP contribution in [0.1, 0.15) is 17.5 Å². The molecule has 24 heavy (non-hydrogen) atoms. The van der Waals surface area contributed by atoms with Crippen LogP contribution in [-0.4, -0.2) is 20.1 Å². The van der Waals surface area contributed by atoms with Gasteiger partial charge in [-0.15, -0.1) is 11.3 Å². The summed E-state index contributed by atoms with van der Waals surface area (Å²) in [7, 11) is 0. The minimum absolute atomic E-state index is 0.600. The fraction of sp³-hybridized carbons (Fsp3) is 0.176. The van der Waals surface area contributed by atoms with Gasteiger partial charge in [-0.3, -0.25) is 0 Å². The van der Waals surface area contributed by atoms with Crippen molar-refractivity contribution < 1.29 is 4.52 Å². The number of hydrogen-bond donors (Lipinski definition) is 0. The molecule has 7 heteroatoms. The van der Waals surface area contributed by atoms with E-state index in [-0.39, 0.29) is 0 Å². The van der Waals surface area contributed by atoms with Gasteiger partial charge in [-0.2, -0.15) is 4.98 Å². The molecule has 0 saturated heterocycles. The molecule has 0 aliphatic heterocycles. The summed E-state index contributed by atoms with van der Waals surface area (Å²) in [6.45, 7) is 3.73. The molecule has 0 N–H and O–H groups in total. The number of thioether (sulfide) groups is 1. The highest BCUT2D eigenvalue weighted by Crippen LogP contribution is 2.37. The van der Waals surface area contributed by atoms with Crippen molar-refractivity contribution in [1.82, 2.24) is 20.1 Å². The number of fused-ring (bicyclic) bond motifs is 1. The van der Waals surface area contributed by atoms with Gasteiger partial charge in [-0.05, 0) is 25.5 Å². The van der Waals surface area contributed by atoms with Gasteiger partial charge in [0.25, 0.3) is 0 Å². The maximum Gasteiger partial charge on any atom is 0.237 e. The first-order valence-corrected chi connectivity index (χ1v) is 9.25. The molecule has 0 radical (unpaired) electrons. The van der Waals surface area contributed by atoms with Crippen molar-refractivity contribution in [2.24, 2.45) is 0 Å². The second-order valence-corrected chi connectivity index (χ2v) is 7.29. The third-order valence-corrected chi connectivity index (χ3v) is 5.48. The molecule has 1 aromatic carbocycles. The lowest BCUT2D eigenvalue weighted by Crippen LogP contribution is -1.91. The molecule has 4 aromatic rings. The Kier molecular flexibility index (Phi) is 4.03. The summed E-state index contributed by atoms with van der Waals surface area (Å²) in [5.74, 6) is 2.63. The van der Waals surface area contributed by atoms with E-state index in [1.54, 1.807) is 23.1 Å². The largest absolute Gasteiger partial charge is 0.338 e. The fourth-order valence-corrected chi connectivity index (χ4v) is 4.41. The third-order valence-electron chi connectivity index (χ3n) is 3.43. The number of nitrogens with zero attached hydrogens (tertiary/aromatic N) is 4. The Morgan fingerprint density at radius 2 is 1.88 bits per heavy atom. The highest BCUT2D eigenvalue weighted by atomic mass is 32.2. The highest BCUT2D eigenvalue weighted by Gasteiger charge is 2.13. The molecular weight excluding hydrogens is 340 g/mol. The van der Waals surface area contributed by atoms with Gasteiger partial charge in [0.05, 0.1) is 5.75 Å². The van der Waals surface area contributed by atoms with Gasteiger partial charge >= 0.3 is 0 Å². The average Bonchev–Trinajstić information content (AvgIpc) is 3.19. The van der Waals surface area contributed by atoms with Crippen LogP contribution in [0.2, 0.25) is 0 Å². The first-order valence-electron chi connectivity index (χ1n) is 7.44. The lowest BCUT2D eigenvalue weighted by molar-refractivity contribution is 0.387. The van der Waals surface area contributed by atoms with E-state index < -0.39 is 0 Å². The number of benzene rings is 1. The molecule has 0 bridgehead atoms. The van der Waals surface area contributed by atoms with Gasteiger partial charge in [-0.25, -0.2) is 9.97 Å². The maximum absolute atomic E-state index is 5.18. The summed E-state index contributed by atoms with van der Waals surface area (Å²) in [5.41, 5.74) is 1.20. The lowest BCUT2D eigenvalue weighted by Gasteiger charge is -2.01. The Balaban J connectivity index is 1.70. The van der Waals surface area contributed by atoms with E-state index in [1.165, 1.54) is 10.4 Å². The molecule has 0 saturated carbocycles. The smallest absolute Gasteiger partial charge is 0.237 e. The summed E-state index contributed by atoms with van der Waals surface area (Å²) >= 11 is 3.29. The molecule has 0 amide bonds. The van der Waals surface area contributed by atoms with Gasteiger partial charge < -0.3 is 4.52 Å². The van der Waals surface area contributed by atoms with Crippen molar-refractivity contribution in [1.29, 1.82) is 0 Å². The summed E-state index contributed by atoms with van der Waals surface area (Å²) in [6.07, 6.45) is 0. The number of aryl methyl sites for hydroxylation is 2. The zero-order valence-electron chi connectivity index (χ0n) is 13.2. The van der Waals surface area contributed by atoms with Crippen LogP contribution >= 0.6 is 23.1 Å². The molecule has 0 aliphatic rings. The number of aromatic nitrogens is 4. The second-order valence-electron chi connectivity index (χ2n) is 5.30. The quantitative estimate of drug-likeness (QED) is 0.392. The van der Waals surface area contributed by atoms with Crippen LogP contribution in [0.25, 0.3) is 20.7 Å². The van der Waals surface area contributed by atoms with E-state index >= 15 is 0 Å². The van der Waals surface area contributed by atoms with Gasteiger partial charge in [-0.1, -0.05) is 47.3 Å². The Morgan fingerprint density at radius 3 is 2.62 bits per heavy atom. The maximum atomic E-state index is 5.18. The number of thiophene rings is 1.